The lowest BCUT2D eigenvalue weighted by Gasteiger charge is -2.23. The second-order valence-corrected chi connectivity index (χ2v) is 6.55. The van der Waals surface area contributed by atoms with Gasteiger partial charge in [0.25, 0.3) is 0 Å². The standard InChI is InChI=1S/C17H13ClN2OS/c18-13-3-1-11(2-4-13)12-7-14(9-15(21)8-12)20-16-5-6-22-17(16)10-19/h1-6,9,12,20H,7-8H2. The molecule has 1 N–H and O–H groups in total. The highest BCUT2D eigenvalue weighted by molar-refractivity contribution is 7.11. The summed E-state index contributed by atoms with van der Waals surface area (Å²) < 4.78 is 0. The van der Waals surface area contributed by atoms with Gasteiger partial charge in [0.2, 0.25) is 0 Å². The monoisotopic (exact) mass is 328 g/mol. The predicted octanol–water partition coefficient (Wildman–Crippen LogP) is 4.72. The Bertz CT molecular complexity index is 771. The second kappa shape index (κ2) is 6.35. The van der Waals surface area contributed by atoms with E-state index in [1.807, 2.05) is 35.7 Å². The first-order valence-electron chi connectivity index (χ1n) is 6.89. The van der Waals surface area contributed by atoms with Gasteiger partial charge in [-0.3, -0.25) is 4.79 Å². The summed E-state index contributed by atoms with van der Waals surface area (Å²) in [5, 5.41) is 14.8. The Morgan fingerprint density at radius 1 is 1.23 bits per heavy atom. The predicted molar refractivity (Wildman–Crippen MR) is 89.2 cm³/mol. The van der Waals surface area contributed by atoms with Crippen LogP contribution < -0.4 is 5.32 Å². The third-order valence-corrected chi connectivity index (χ3v) is 4.72. The molecule has 0 saturated carbocycles. The van der Waals surface area contributed by atoms with Crippen molar-refractivity contribution in [3.05, 3.63) is 62.9 Å². The molecule has 1 unspecified atom stereocenters. The van der Waals surface area contributed by atoms with Crippen molar-refractivity contribution in [1.82, 2.24) is 0 Å². The van der Waals surface area contributed by atoms with Crippen LogP contribution in [0, 0.1) is 11.3 Å². The molecule has 0 fully saturated rings. The van der Waals surface area contributed by atoms with Crippen LogP contribution in [0.3, 0.4) is 0 Å². The maximum absolute atomic E-state index is 12.0. The van der Waals surface area contributed by atoms with E-state index in [4.69, 9.17) is 16.9 Å². The number of rotatable bonds is 3. The summed E-state index contributed by atoms with van der Waals surface area (Å²) in [5.74, 6) is 0.240. The third-order valence-electron chi connectivity index (χ3n) is 3.65. The number of nitriles is 1. The number of ketones is 1. The van der Waals surface area contributed by atoms with Crippen molar-refractivity contribution >= 4 is 34.4 Å². The molecule has 1 aromatic carbocycles. The molecule has 1 aromatic heterocycles. The maximum atomic E-state index is 12.0. The number of hydrogen-bond donors (Lipinski definition) is 1. The molecular formula is C17H13ClN2OS. The number of benzene rings is 1. The fourth-order valence-corrected chi connectivity index (χ4v) is 3.38. The van der Waals surface area contributed by atoms with Crippen molar-refractivity contribution in [3.63, 3.8) is 0 Å². The van der Waals surface area contributed by atoms with Crippen molar-refractivity contribution in [3.8, 4) is 6.07 Å². The van der Waals surface area contributed by atoms with Crippen molar-refractivity contribution in [2.45, 2.75) is 18.8 Å². The van der Waals surface area contributed by atoms with Crippen molar-refractivity contribution in [1.29, 1.82) is 5.26 Å². The van der Waals surface area contributed by atoms with E-state index < -0.39 is 0 Å². The summed E-state index contributed by atoms with van der Waals surface area (Å²) in [4.78, 5) is 12.6. The van der Waals surface area contributed by atoms with Gasteiger partial charge in [0.1, 0.15) is 10.9 Å². The lowest BCUT2D eigenvalue weighted by Crippen LogP contribution is -2.16. The highest BCUT2D eigenvalue weighted by Crippen LogP contribution is 2.33. The minimum Gasteiger partial charge on any atom is -0.357 e. The van der Waals surface area contributed by atoms with E-state index in [9.17, 15) is 4.79 Å². The topological polar surface area (TPSA) is 52.9 Å². The van der Waals surface area contributed by atoms with Gasteiger partial charge < -0.3 is 5.32 Å². The average Bonchev–Trinajstić information content (AvgIpc) is 2.94. The van der Waals surface area contributed by atoms with E-state index in [1.54, 1.807) is 6.08 Å². The molecule has 3 nitrogen and oxygen atoms in total. The largest absolute Gasteiger partial charge is 0.357 e. The van der Waals surface area contributed by atoms with Crippen LogP contribution in [0.15, 0.2) is 47.5 Å². The van der Waals surface area contributed by atoms with Crippen LogP contribution in [0.4, 0.5) is 5.69 Å². The molecule has 22 heavy (non-hydrogen) atoms. The molecule has 0 saturated heterocycles. The van der Waals surface area contributed by atoms with E-state index in [0.29, 0.717) is 16.3 Å². The number of halogens is 1. The lowest BCUT2D eigenvalue weighted by atomic mass is 9.85. The smallest absolute Gasteiger partial charge is 0.158 e. The summed E-state index contributed by atoms with van der Waals surface area (Å²) in [6.07, 6.45) is 2.89. The van der Waals surface area contributed by atoms with Gasteiger partial charge in [0.15, 0.2) is 5.78 Å². The molecule has 1 aliphatic rings. The molecule has 1 aliphatic carbocycles. The Hall–Kier alpha value is -2.09. The number of allylic oxidation sites excluding steroid dienone is 2. The average molecular weight is 329 g/mol. The van der Waals surface area contributed by atoms with Gasteiger partial charge in [-0.05, 0) is 41.5 Å². The number of carbonyl (C=O) groups excluding carboxylic acids is 1. The Kier molecular flexibility index (Phi) is 4.28. The van der Waals surface area contributed by atoms with Crippen LogP contribution in [0.1, 0.15) is 29.2 Å². The minimum atomic E-state index is 0.0995. The summed E-state index contributed by atoms with van der Waals surface area (Å²) in [6, 6.07) is 11.6. The van der Waals surface area contributed by atoms with Crippen LogP contribution in [0.25, 0.3) is 0 Å². The molecule has 0 aliphatic heterocycles. The third kappa shape index (κ3) is 3.22. The fourth-order valence-electron chi connectivity index (χ4n) is 2.62. The number of hydrogen-bond acceptors (Lipinski definition) is 4. The Labute approximate surface area is 137 Å². The van der Waals surface area contributed by atoms with E-state index in [2.05, 4.69) is 11.4 Å². The second-order valence-electron chi connectivity index (χ2n) is 5.19. The van der Waals surface area contributed by atoms with Gasteiger partial charge in [-0.15, -0.1) is 11.3 Å². The van der Waals surface area contributed by atoms with Gasteiger partial charge in [0.05, 0.1) is 5.69 Å². The molecule has 0 amide bonds. The molecule has 3 rings (SSSR count). The van der Waals surface area contributed by atoms with Crippen molar-refractivity contribution in [2.24, 2.45) is 0 Å². The Balaban J connectivity index is 1.80. The van der Waals surface area contributed by atoms with Gasteiger partial charge in [0, 0.05) is 23.2 Å². The number of nitrogens with one attached hydrogen (secondary N) is 1. The summed E-state index contributed by atoms with van der Waals surface area (Å²) in [7, 11) is 0. The molecule has 0 bridgehead atoms. The van der Waals surface area contributed by atoms with Crippen molar-refractivity contribution < 1.29 is 4.79 Å². The molecule has 1 atom stereocenters. The summed E-state index contributed by atoms with van der Waals surface area (Å²) >= 11 is 7.30. The van der Waals surface area contributed by atoms with E-state index >= 15 is 0 Å². The highest BCUT2D eigenvalue weighted by atomic mass is 35.5. The first-order chi connectivity index (χ1) is 10.7. The van der Waals surface area contributed by atoms with Gasteiger partial charge >= 0.3 is 0 Å². The van der Waals surface area contributed by atoms with Crippen LogP contribution in [0.5, 0.6) is 0 Å². The first kappa shape index (κ1) is 14.8. The fraction of sp³-hybridized carbons (Fsp3) is 0.176. The number of nitrogens with zero attached hydrogens (tertiary/aromatic N) is 1. The van der Waals surface area contributed by atoms with Gasteiger partial charge in [-0.2, -0.15) is 5.26 Å². The minimum absolute atomic E-state index is 0.0995. The van der Waals surface area contributed by atoms with Crippen LogP contribution in [-0.4, -0.2) is 5.78 Å². The van der Waals surface area contributed by atoms with E-state index in [0.717, 1.165) is 23.4 Å². The SMILES string of the molecule is N#Cc1sccc1NC1=CC(=O)CC(c2ccc(Cl)cc2)C1. The first-order valence-corrected chi connectivity index (χ1v) is 8.15. The molecule has 2 aromatic rings. The molecule has 5 heteroatoms. The zero-order valence-corrected chi connectivity index (χ0v) is 13.2. The molecule has 1 heterocycles. The number of thiophene rings is 1. The number of anilines is 1. The van der Waals surface area contributed by atoms with E-state index in [1.165, 1.54) is 11.3 Å². The van der Waals surface area contributed by atoms with Crippen LogP contribution in [-0.2, 0) is 4.79 Å². The maximum Gasteiger partial charge on any atom is 0.158 e. The normalized spacial score (nSPS) is 17.7. The van der Waals surface area contributed by atoms with E-state index in [-0.39, 0.29) is 11.7 Å². The van der Waals surface area contributed by atoms with Gasteiger partial charge in [-0.25, -0.2) is 0 Å². The molecule has 110 valence electrons. The van der Waals surface area contributed by atoms with Crippen molar-refractivity contribution in [2.75, 3.05) is 5.32 Å². The quantitative estimate of drug-likeness (QED) is 0.887. The van der Waals surface area contributed by atoms with Crippen LogP contribution >= 0.6 is 22.9 Å². The molecular weight excluding hydrogens is 316 g/mol. The zero-order valence-electron chi connectivity index (χ0n) is 11.7. The summed E-state index contributed by atoms with van der Waals surface area (Å²) in [6.45, 7) is 0. The van der Waals surface area contributed by atoms with Crippen LogP contribution in [0.2, 0.25) is 5.02 Å². The lowest BCUT2D eigenvalue weighted by molar-refractivity contribution is -0.115. The Morgan fingerprint density at radius 2 is 2.00 bits per heavy atom. The van der Waals surface area contributed by atoms with Gasteiger partial charge in [-0.1, -0.05) is 23.7 Å². The molecule has 0 radical (unpaired) electrons. The Morgan fingerprint density at radius 3 is 2.73 bits per heavy atom. The number of carbonyl (C=O) groups is 1. The highest BCUT2D eigenvalue weighted by Gasteiger charge is 2.22. The summed E-state index contributed by atoms with van der Waals surface area (Å²) in [5.41, 5.74) is 2.73. The molecule has 0 spiro atoms. The zero-order chi connectivity index (χ0) is 15.5.